The van der Waals surface area contributed by atoms with Gasteiger partial charge in [0.25, 0.3) is 0 Å². The van der Waals surface area contributed by atoms with E-state index in [0.29, 0.717) is 6.20 Å². The number of aliphatic carboxylic acids is 1. The average Bonchev–Trinajstić information content (AvgIpc) is 2.55. The second-order valence-electron chi connectivity index (χ2n) is 5.27. The molecule has 2 rings (SSSR count). The number of carboxylic acid groups (broad SMARTS) is 1. The Morgan fingerprint density at radius 1 is 1.48 bits per heavy atom. The standard InChI is InChI=1S/C14H15ClF3N3O4/c15-9-5-8(14(16,17)18)6-20-12(9)19-2-1-11(22)21-3-4-25-10(7-21)13(23)24/h5-6,10H,1-4,7H2,(H,19,20)(H,23,24)/t10-/m0/s1. The van der Waals surface area contributed by atoms with E-state index < -0.39 is 23.8 Å². The summed E-state index contributed by atoms with van der Waals surface area (Å²) in [5, 5.41) is 11.4. The number of halogens is 4. The molecule has 0 saturated carbocycles. The third kappa shape index (κ3) is 5.20. The number of pyridine rings is 1. The molecule has 25 heavy (non-hydrogen) atoms. The quantitative estimate of drug-likeness (QED) is 0.809. The summed E-state index contributed by atoms with van der Waals surface area (Å²) in [6.07, 6.45) is -4.94. The minimum atomic E-state index is -4.54. The maximum Gasteiger partial charge on any atom is 0.417 e. The Labute approximate surface area is 145 Å². The zero-order chi connectivity index (χ0) is 18.6. The fourth-order valence-electron chi connectivity index (χ4n) is 2.19. The van der Waals surface area contributed by atoms with Crippen LogP contribution in [0.15, 0.2) is 12.3 Å². The van der Waals surface area contributed by atoms with Crippen molar-refractivity contribution in [3.63, 3.8) is 0 Å². The lowest BCUT2D eigenvalue weighted by molar-refractivity contribution is -0.159. The largest absolute Gasteiger partial charge is 0.479 e. The van der Waals surface area contributed by atoms with Crippen LogP contribution in [0.2, 0.25) is 5.02 Å². The van der Waals surface area contributed by atoms with Gasteiger partial charge in [0.2, 0.25) is 5.91 Å². The summed E-state index contributed by atoms with van der Waals surface area (Å²) in [5.41, 5.74) is -0.966. The number of carboxylic acids is 1. The van der Waals surface area contributed by atoms with Gasteiger partial charge in [0.1, 0.15) is 5.82 Å². The van der Waals surface area contributed by atoms with Crippen LogP contribution in [0.5, 0.6) is 0 Å². The number of hydrogen-bond donors (Lipinski definition) is 2. The van der Waals surface area contributed by atoms with E-state index in [2.05, 4.69) is 10.3 Å². The Kier molecular flexibility index (Phi) is 6.07. The van der Waals surface area contributed by atoms with Crippen LogP contribution in [0.4, 0.5) is 19.0 Å². The van der Waals surface area contributed by atoms with Gasteiger partial charge in [-0.15, -0.1) is 0 Å². The summed E-state index contributed by atoms with van der Waals surface area (Å²) < 4.78 is 42.6. The number of anilines is 1. The highest BCUT2D eigenvalue weighted by Crippen LogP contribution is 2.32. The summed E-state index contributed by atoms with van der Waals surface area (Å²) >= 11 is 5.75. The van der Waals surface area contributed by atoms with Crippen LogP contribution < -0.4 is 5.32 Å². The molecule has 0 spiro atoms. The van der Waals surface area contributed by atoms with Crippen LogP contribution in [-0.2, 0) is 20.5 Å². The van der Waals surface area contributed by atoms with Gasteiger partial charge in [-0.05, 0) is 6.07 Å². The first kappa shape index (κ1) is 19.3. The van der Waals surface area contributed by atoms with Gasteiger partial charge in [-0.25, -0.2) is 9.78 Å². The number of rotatable bonds is 5. The molecule has 1 aromatic heterocycles. The molecule has 0 aliphatic carbocycles. The molecule has 0 radical (unpaired) electrons. The Hall–Kier alpha value is -2.07. The van der Waals surface area contributed by atoms with Gasteiger partial charge in [0, 0.05) is 25.7 Å². The lowest BCUT2D eigenvalue weighted by Crippen LogP contribution is -2.48. The number of nitrogens with zero attached hydrogens (tertiary/aromatic N) is 2. The molecular formula is C14H15ClF3N3O4. The van der Waals surface area contributed by atoms with Crippen molar-refractivity contribution < 1.29 is 32.6 Å². The van der Waals surface area contributed by atoms with Crippen LogP contribution in [0, 0.1) is 0 Å². The van der Waals surface area contributed by atoms with Crippen molar-refractivity contribution in [2.24, 2.45) is 0 Å². The number of ether oxygens (including phenoxy) is 1. The minimum Gasteiger partial charge on any atom is -0.479 e. The number of hydrogen-bond acceptors (Lipinski definition) is 5. The summed E-state index contributed by atoms with van der Waals surface area (Å²) in [6.45, 7) is 0.448. The third-order valence-corrected chi connectivity index (χ3v) is 3.78. The van der Waals surface area contributed by atoms with Crippen molar-refractivity contribution in [2.45, 2.75) is 18.7 Å². The summed E-state index contributed by atoms with van der Waals surface area (Å²) in [6, 6.07) is 0.748. The van der Waals surface area contributed by atoms with Crippen LogP contribution >= 0.6 is 11.6 Å². The fraction of sp³-hybridized carbons (Fsp3) is 0.500. The maximum absolute atomic E-state index is 12.5. The number of alkyl halides is 3. The molecule has 1 atom stereocenters. The molecule has 2 heterocycles. The Balaban J connectivity index is 1.86. The third-order valence-electron chi connectivity index (χ3n) is 3.49. The van der Waals surface area contributed by atoms with E-state index >= 15 is 0 Å². The fourth-order valence-corrected chi connectivity index (χ4v) is 2.43. The SMILES string of the molecule is O=C(O)[C@@H]1CN(C(=O)CCNc2ncc(C(F)(F)F)cc2Cl)CCO1. The molecule has 0 bridgehead atoms. The van der Waals surface area contributed by atoms with Crippen molar-refractivity contribution in [1.82, 2.24) is 9.88 Å². The molecule has 2 N–H and O–H groups in total. The highest BCUT2D eigenvalue weighted by molar-refractivity contribution is 6.32. The zero-order valence-corrected chi connectivity index (χ0v) is 13.6. The van der Waals surface area contributed by atoms with Gasteiger partial charge in [-0.3, -0.25) is 4.79 Å². The van der Waals surface area contributed by atoms with E-state index in [4.69, 9.17) is 21.4 Å². The van der Waals surface area contributed by atoms with E-state index in [1.807, 2.05) is 0 Å². The monoisotopic (exact) mass is 381 g/mol. The van der Waals surface area contributed by atoms with Gasteiger partial charge in [0.15, 0.2) is 6.10 Å². The summed E-state index contributed by atoms with van der Waals surface area (Å²) in [5.74, 6) is -1.41. The lowest BCUT2D eigenvalue weighted by atomic mass is 10.2. The van der Waals surface area contributed by atoms with Gasteiger partial charge >= 0.3 is 12.1 Å². The second kappa shape index (κ2) is 7.87. The van der Waals surface area contributed by atoms with Crippen LogP contribution in [-0.4, -0.2) is 59.2 Å². The number of morpholine rings is 1. The molecule has 138 valence electrons. The van der Waals surface area contributed by atoms with E-state index in [1.165, 1.54) is 4.90 Å². The first-order chi connectivity index (χ1) is 11.7. The highest BCUT2D eigenvalue weighted by atomic mass is 35.5. The van der Waals surface area contributed by atoms with E-state index in [0.717, 1.165) is 6.07 Å². The molecule has 1 aromatic rings. The number of nitrogens with one attached hydrogen (secondary N) is 1. The normalized spacial score (nSPS) is 18.1. The van der Waals surface area contributed by atoms with Gasteiger partial charge in [0.05, 0.1) is 23.7 Å². The molecule has 0 aromatic carbocycles. The molecule has 1 amide bonds. The summed E-state index contributed by atoms with van der Waals surface area (Å²) in [7, 11) is 0. The molecule has 11 heteroatoms. The lowest BCUT2D eigenvalue weighted by Gasteiger charge is -2.31. The summed E-state index contributed by atoms with van der Waals surface area (Å²) in [4.78, 5) is 27.9. The predicted octanol–water partition coefficient (Wildman–Crippen LogP) is 1.87. The van der Waals surface area contributed by atoms with Gasteiger partial charge in [-0.2, -0.15) is 13.2 Å². The smallest absolute Gasteiger partial charge is 0.417 e. The molecule has 0 unspecified atom stereocenters. The van der Waals surface area contributed by atoms with Gasteiger partial charge in [-0.1, -0.05) is 11.6 Å². The number of carbonyl (C=O) groups is 2. The number of carbonyl (C=O) groups excluding carboxylic acids is 1. The number of amides is 1. The van der Waals surface area contributed by atoms with Crippen LogP contribution in [0.25, 0.3) is 0 Å². The minimum absolute atomic E-state index is 0.00533. The first-order valence-corrected chi connectivity index (χ1v) is 7.65. The van der Waals surface area contributed by atoms with E-state index in [1.54, 1.807) is 0 Å². The van der Waals surface area contributed by atoms with Gasteiger partial charge < -0.3 is 20.1 Å². The Morgan fingerprint density at radius 3 is 2.80 bits per heavy atom. The Morgan fingerprint density at radius 2 is 2.20 bits per heavy atom. The maximum atomic E-state index is 12.5. The van der Waals surface area contributed by atoms with Crippen molar-refractivity contribution in [1.29, 1.82) is 0 Å². The van der Waals surface area contributed by atoms with Crippen molar-refractivity contribution in [3.05, 3.63) is 22.8 Å². The van der Waals surface area contributed by atoms with Crippen molar-refractivity contribution >= 4 is 29.3 Å². The molecule has 1 fully saturated rings. The molecule has 1 aliphatic heterocycles. The predicted molar refractivity (Wildman–Crippen MR) is 81.3 cm³/mol. The van der Waals surface area contributed by atoms with Crippen LogP contribution in [0.1, 0.15) is 12.0 Å². The molecular weight excluding hydrogens is 367 g/mol. The first-order valence-electron chi connectivity index (χ1n) is 7.27. The van der Waals surface area contributed by atoms with Crippen molar-refractivity contribution in [2.75, 3.05) is 31.6 Å². The molecule has 7 nitrogen and oxygen atoms in total. The topological polar surface area (TPSA) is 91.8 Å². The number of aromatic nitrogens is 1. The Bertz CT molecular complexity index is 657. The van der Waals surface area contributed by atoms with E-state index in [-0.39, 0.29) is 49.4 Å². The molecule has 1 saturated heterocycles. The van der Waals surface area contributed by atoms with Crippen molar-refractivity contribution in [3.8, 4) is 0 Å². The highest BCUT2D eigenvalue weighted by Gasteiger charge is 2.32. The zero-order valence-electron chi connectivity index (χ0n) is 12.8. The van der Waals surface area contributed by atoms with Crippen LogP contribution in [0.3, 0.4) is 0 Å². The average molecular weight is 382 g/mol. The second-order valence-corrected chi connectivity index (χ2v) is 5.67. The molecule has 1 aliphatic rings. The van der Waals surface area contributed by atoms with E-state index in [9.17, 15) is 22.8 Å².